The van der Waals surface area contributed by atoms with Crippen LogP contribution < -0.4 is 15.5 Å². The van der Waals surface area contributed by atoms with Crippen LogP contribution in [0.1, 0.15) is 37.7 Å². The Balaban J connectivity index is 1.63. The Morgan fingerprint density at radius 1 is 1.10 bits per heavy atom. The van der Waals surface area contributed by atoms with Gasteiger partial charge in [0.2, 0.25) is 6.17 Å². The van der Waals surface area contributed by atoms with E-state index in [0.717, 1.165) is 42.6 Å². The van der Waals surface area contributed by atoms with Crippen molar-refractivity contribution >= 4 is 40.6 Å². The molecule has 2 N–H and O–H groups in total. The molecule has 1 atom stereocenters. The van der Waals surface area contributed by atoms with Crippen molar-refractivity contribution < 1.29 is 9.59 Å². The van der Waals surface area contributed by atoms with Crippen LogP contribution in [0.15, 0.2) is 53.5 Å². The van der Waals surface area contributed by atoms with Gasteiger partial charge in [0.05, 0.1) is 11.4 Å². The van der Waals surface area contributed by atoms with Crippen LogP contribution in [0.2, 0.25) is 5.02 Å². The lowest BCUT2D eigenvalue weighted by molar-refractivity contribution is -0.119. The van der Waals surface area contributed by atoms with Crippen molar-refractivity contribution in [2.24, 2.45) is 10.9 Å². The number of carbonyl (C=O) groups excluding carboxylic acids is 2. The normalized spacial score (nSPS) is 19.5. The fourth-order valence-electron chi connectivity index (χ4n) is 4.20. The summed E-state index contributed by atoms with van der Waals surface area (Å²) < 4.78 is 0. The Morgan fingerprint density at radius 2 is 1.87 bits per heavy atom. The van der Waals surface area contributed by atoms with Gasteiger partial charge >= 0.3 is 6.03 Å². The van der Waals surface area contributed by atoms with Crippen molar-refractivity contribution in [2.45, 2.75) is 38.3 Å². The molecule has 0 radical (unpaired) electrons. The number of rotatable bonds is 3. The Kier molecular flexibility index (Phi) is 6.04. The number of urea groups is 1. The van der Waals surface area contributed by atoms with Crippen LogP contribution >= 0.6 is 11.6 Å². The van der Waals surface area contributed by atoms with Gasteiger partial charge < -0.3 is 15.5 Å². The zero-order valence-electron chi connectivity index (χ0n) is 16.9. The average Bonchev–Trinajstić information content (AvgIpc) is 2.85. The van der Waals surface area contributed by atoms with Gasteiger partial charge in [-0.25, -0.2) is 4.79 Å². The van der Waals surface area contributed by atoms with Crippen LogP contribution in [-0.2, 0) is 4.79 Å². The molecule has 0 spiro atoms. The van der Waals surface area contributed by atoms with Gasteiger partial charge in [-0.05, 0) is 37.1 Å². The molecule has 0 aromatic heterocycles. The lowest BCUT2D eigenvalue weighted by atomic mass is 9.83. The summed E-state index contributed by atoms with van der Waals surface area (Å²) in [5, 5.41) is 5.99. The number of halogens is 1. The van der Waals surface area contributed by atoms with E-state index >= 15 is 0 Å². The summed E-state index contributed by atoms with van der Waals surface area (Å²) >= 11 is 5.99. The molecule has 0 bridgehead atoms. The maximum atomic E-state index is 13.1. The minimum atomic E-state index is -0.987. The van der Waals surface area contributed by atoms with Crippen LogP contribution in [-0.4, -0.2) is 30.9 Å². The first-order valence-electron chi connectivity index (χ1n) is 10.3. The maximum absolute atomic E-state index is 13.1. The summed E-state index contributed by atoms with van der Waals surface area (Å²) in [6, 6.07) is 14.2. The molecule has 7 heteroatoms. The highest BCUT2D eigenvalue weighted by atomic mass is 35.5. The summed E-state index contributed by atoms with van der Waals surface area (Å²) in [5.74, 6) is 0.0222. The number of carbonyl (C=O) groups is 2. The molecule has 2 aromatic rings. The van der Waals surface area contributed by atoms with Gasteiger partial charge in [0.1, 0.15) is 0 Å². The molecular formula is C23H25ClN4O2. The van der Waals surface area contributed by atoms with Gasteiger partial charge in [-0.15, -0.1) is 0 Å². The molecule has 1 aliphatic carbocycles. The predicted octanol–water partition coefficient (Wildman–Crippen LogP) is 4.83. The van der Waals surface area contributed by atoms with Gasteiger partial charge in [0.15, 0.2) is 0 Å². The quantitative estimate of drug-likeness (QED) is 0.740. The third-order valence-electron chi connectivity index (χ3n) is 5.72. The van der Waals surface area contributed by atoms with E-state index < -0.39 is 12.2 Å². The number of fused-ring (bicyclic) bond motifs is 1. The van der Waals surface area contributed by atoms with Crippen LogP contribution in [0.5, 0.6) is 0 Å². The van der Waals surface area contributed by atoms with E-state index in [1.165, 1.54) is 6.42 Å². The monoisotopic (exact) mass is 424 g/mol. The summed E-state index contributed by atoms with van der Waals surface area (Å²) in [7, 11) is 1.73. The average molecular weight is 425 g/mol. The Labute approximate surface area is 181 Å². The van der Waals surface area contributed by atoms with Crippen molar-refractivity contribution in [3.8, 4) is 0 Å². The van der Waals surface area contributed by atoms with E-state index in [2.05, 4.69) is 10.6 Å². The number of benzodiazepines with no additional fused rings is 1. The Hall–Kier alpha value is -2.86. The first-order chi connectivity index (χ1) is 14.5. The van der Waals surface area contributed by atoms with Gasteiger partial charge in [0.25, 0.3) is 5.91 Å². The number of para-hydroxylation sites is 1. The number of anilines is 2. The van der Waals surface area contributed by atoms with Crippen molar-refractivity contribution in [1.29, 1.82) is 0 Å². The van der Waals surface area contributed by atoms with E-state index in [1.807, 2.05) is 24.3 Å². The van der Waals surface area contributed by atoms with Crippen LogP contribution in [0, 0.1) is 5.92 Å². The third-order valence-corrected chi connectivity index (χ3v) is 5.95. The SMILES string of the molecule is CN1C(=O)C(NC(=O)Nc2cccc(Cl)c2)N=C(C2CCCCC2)c2ccccc21. The molecule has 2 aromatic carbocycles. The number of benzene rings is 2. The molecule has 1 aliphatic heterocycles. The van der Waals surface area contributed by atoms with Crippen LogP contribution in [0.3, 0.4) is 0 Å². The van der Waals surface area contributed by atoms with Crippen molar-refractivity contribution in [3.63, 3.8) is 0 Å². The smallest absolute Gasteiger partial charge is 0.311 e. The summed E-state index contributed by atoms with van der Waals surface area (Å²) in [4.78, 5) is 32.1. The van der Waals surface area contributed by atoms with E-state index in [-0.39, 0.29) is 5.91 Å². The number of hydrogen-bond acceptors (Lipinski definition) is 3. The number of hydrogen-bond donors (Lipinski definition) is 2. The van der Waals surface area contributed by atoms with Gasteiger partial charge in [-0.1, -0.05) is 55.1 Å². The maximum Gasteiger partial charge on any atom is 0.321 e. The topological polar surface area (TPSA) is 73.8 Å². The lowest BCUT2D eigenvalue weighted by Crippen LogP contribution is -2.47. The standard InChI is InChI=1S/C23H25ClN4O2/c1-28-19-13-6-5-12-18(19)20(15-8-3-2-4-9-15)26-21(22(28)29)27-23(30)25-17-11-7-10-16(24)14-17/h5-7,10-15,21H,2-4,8-9H2,1H3,(H2,25,27,30). The minimum absolute atomic E-state index is 0.269. The molecule has 3 amide bonds. The molecule has 1 fully saturated rings. The first kappa shape index (κ1) is 20.4. The van der Waals surface area contributed by atoms with E-state index in [4.69, 9.17) is 16.6 Å². The number of likely N-dealkylation sites (N-methyl/N-ethyl adjacent to an activating group) is 1. The third kappa shape index (κ3) is 4.33. The molecule has 0 saturated heterocycles. The molecule has 1 saturated carbocycles. The van der Waals surface area contributed by atoms with Crippen LogP contribution in [0.25, 0.3) is 0 Å². The molecule has 1 heterocycles. The Bertz CT molecular complexity index is 985. The number of aliphatic imine (C=N–C) groups is 1. The fraction of sp³-hybridized carbons (Fsp3) is 0.348. The van der Waals surface area contributed by atoms with E-state index in [0.29, 0.717) is 16.6 Å². The van der Waals surface area contributed by atoms with Gasteiger partial charge in [0, 0.05) is 29.2 Å². The second-order valence-electron chi connectivity index (χ2n) is 7.78. The lowest BCUT2D eigenvalue weighted by Gasteiger charge is -2.25. The highest BCUT2D eigenvalue weighted by Gasteiger charge is 2.33. The fourth-order valence-corrected chi connectivity index (χ4v) is 4.39. The zero-order chi connectivity index (χ0) is 21.1. The zero-order valence-corrected chi connectivity index (χ0v) is 17.7. The predicted molar refractivity (Wildman–Crippen MR) is 120 cm³/mol. The summed E-state index contributed by atoms with van der Waals surface area (Å²) in [5.41, 5.74) is 3.26. The molecular weight excluding hydrogens is 400 g/mol. The van der Waals surface area contributed by atoms with E-state index in [1.54, 1.807) is 36.2 Å². The van der Waals surface area contributed by atoms with Gasteiger partial charge in [-0.3, -0.25) is 9.79 Å². The van der Waals surface area contributed by atoms with E-state index in [9.17, 15) is 9.59 Å². The van der Waals surface area contributed by atoms with Crippen LogP contribution in [0.4, 0.5) is 16.2 Å². The summed E-state index contributed by atoms with van der Waals surface area (Å²) in [6.07, 6.45) is 4.65. The number of amides is 3. The largest absolute Gasteiger partial charge is 0.321 e. The molecule has 4 rings (SSSR count). The molecule has 30 heavy (non-hydrogen) atoms. The van der Waals surface area contributed by atoms with Crippen molar-refractivity contribution in [1.82, 2.24) is 5.32 Å². The number of nitrogens with zero attached hydrogens (tertiary/aromatic N) is 2. The molecule has 6 nitrogen and oxygen atoms in total. The Morgan fingerprint density at radius 3 is 2.63 bits per heavy atom. The second-order valence-corrected chi connectivity index (χ2v) is 8.21. The molecule has 1 unspecified atom stereocenters. The first-order valence-corrected chi connectivity index (χ1v) is 10.7. The molecule has 156 valence electrons. The summed E-state index contributed by atoms with van der Waals surface area (Å²) in [6.45, 7) is 0. The second kappa shape index (κ2) is 8.88. The van der Waals surface area contributed by atoms with Crippen molar-refractivity contribution in [3.05, 3.63) is 59.1 Å². The highest BCUT2D eigenvalue weighted by Crippen LogP contribution is 2.33. The highest BCUT2D eigenvalue weighted by molar-refractivity contribution is 6.30. The minimum Gasteiger partial charge on any atom is -0.311 e. The number of nitrogens with one attached hydrogen (secondary N) is 2. The van der Waals surface area contributed by atoms with Crippen molar-refractivity contribution in [2.75, 3.05) is 17.3 Å². The van der Waals surface area contributed by atoms with Gasteiger partial charge in [-0.2, -0.15) is 0 Å². The molecule has 2 aliphatic rings.